The van der Waals surface area contributed by atoms with Gasteiger partial charge in [0, 0.05) is 23.2 Å². The molecule has 0 spiro atoms. The van der Waals surface area contributed by atoms with Crippen LogP contribution < -0.4 is 5.32 Å². The fraction of sp³-hybridized carbons (Fsp3) is 0.333. The number of nitrogens with one attached hydrogen (secondary N) is 1. The van der Waals surface area contributed by atoms with Crippen LogP contribution in [-0.4, -0.2) is 22.0 Å². The van der Waals surface area contributed by atoms with E-state index in [0.29, 0.717) is 17.4 Å². The first kappa shape index (κ1) is 26.1. The number of fused-ring (bicyclic) bond motifs is 1. The zero-order valence-corrected chi connectivity index (χ0v) is 22.2. The van der Waals surface area contributed by atoms with Crippen molar-refractivity contribution in [3.05, 3.63) is 102 Å². The average molecular weight is 511 g/mol. The highest BCUT2D eigenvalue weighted by Gasteiger charge is 2.28. The Kier molecular flexibility index (Phi) is 7.31. The van der Waals surface area contributed by atoms with Gasteiger partial charge < -0.3 is 10.4 Å². The Morgan fingerprint density at radius 3 is 2.21 bits per heavy atom. The summed E-state index contributed by atoms with van der Waals surface area (Å²) in [4.78, 5) is 17.4. The van der Waals surface area contributed by atoms with Crippen LogP contribution in [0.5, 0.6) is 0 Å². The molecular formula is C33H35FN2O2. The molecule has 1 aliphatic rings. The number of amides is 1. The van der Waals surface area contributed by atoms with Gasteiger partial charge in [-0.2, -0.15) is 0 Å². The smallest absolute Gasteiger partial charge is 0.251 e. The summed E-state index contributed by atoms with van der Waals surface area (Å²) in [6.45, 7) is 5.64. The summed E-state index contributed by atoms with van der Waals surface area (Å²) < 4.78 is 13.9. The standard InChI is InChI=1S/C33H35FN2O2/c1-21(22-4-8-25(9-5-22)29-18-19-35-31-17-16-28(34)20-30(29)31)36-32(37)26-10-6-23(7-11-26)24-12-14-27(15-13-24)33(2,3)38/h6-7,10-22,25,38H,4-5,8-9H2,1-3H3,(H,36,37)/t21-,22?,25?/m1/s1. The molecule has 38 heavy (non-hydrogen) atoms. The number of pyridine rings is 1. The molecule has 4 aromatic rings. The molecule has 1 aromatic heterocycles. The van der Waals surface area contributed by atoms with Gasteiger partial charge in [0.05, 0.1) is 11.1 Å². The summed E-state index contributed by atoms with van der Waals surface area (Å²) in [5, 5.41) is 14.3. The number of aromatic nitrogens is 1. The zero-order valence-electron chi connectivity index (χ0n) is 22.2. The number of carbonyl (C=O) groups is 1. The molecule has 1 saturated carbocycles. The summed E-state index contributed by atoms with van der Waals surface area (Å²) in [5.41, 5.74) is 4.72. The van der Waals surface area contributed by atoms with E-state index < -0.39 is 5.60 Å². The van der Waals surface area contributed by atoms with Crippen molar-refractivity contribution in [3.8, 4) is 11.1 Å². The number of benzene rings is 3. The number of aliphatic hydroxyl groups is 1. The molecule has 3 aromatic carbocycles. The first-order chi connectivity index (χ1) is 18.2. The van der Waals surface area contributed by atoms with E-state index in [4.69, 9.17) is 0 Å². The lowest BCUT2D eigenvalue weighted by atomic mass is 9.75. The van der Waals surface area contributed by atoms with Crippen LogP contribution in [0.2, 0.25) is 0 Å². The summed E-state index contributed by atoms with van der Waals surface area (Å²) in [6.07, 6.45) is 5.89. The number of carbonyl (C=O) groups excluding carboxylic acids is 1. The summed E-state index contributed by atoms with van der Waals surface area (Å²) in [7, 11) is 0. The molecule has 1 atom stereocenters. The van der Waals surface area contributed by atoms with Crippen LogP contribution in [0.1, 0.15) is 73.9 Å². The Morgan fingerprint density at radius 1 is 0.947 bits per heavy atom. The van der Waals surface area contributed by atoms with Crippen LogP contribution in [0.25, 0.3) is 22.0 Å². The number of halogens is 1. The molecule has 1 amide bonds. The van der Waals surface area contributed by atoms with Gasteiger partial charge in [0.2, 0.25) is 0 Å². The van der Waals surface area contributed by atoms with Gasteiger partial charge in [-0.1, -0.05) is 36.4 Å². The van der Waals surface area contributed by atoms with Gasteiger partial charge >= 0.3 is 0 Å². The van der Waals surface area contributed by atoms with Crippen molar-refractivity contribution in [1.82, 2.24) is 10.3 Å². The van der Waals surface area contributed by atoms with Crippen LogP contribution in [0.15, 0.2) is 79.0 Å². The molecular weight excluding hydrogens is 475 g/mol. The molecule has 1 heterocycles. The second kappa shape index (κ2) is 10.7. The minimum Gasteiger partial charge on any atom is -0.386 e. The fourth-order valence-corrected chi connectivity index (χ4v) is 5.72. The second-order valence-electron chi connectivity index (χ2n) is 11.1. The quantitative estimate of drug-likeness (QED) is 0.285. The molecule has 0 aliphatic heterocycles. The maximum atomic E-state index is 13.9. The van der Waals surface area contributed by atoms with Crippen LogP contribution >= 0.6 is 0 Å². The SMILES string of the molecule is C[C@@H](NC(=O)c1ccc(-c2ccc(C(C)(C)O)cc2)cc1)C1CCC(c2ccnc3ccc(F)cc23)CC1. The molecule has 0 bridgehead atoms. The highest BCUT2D eigenvalue weighted by molar-refractivity contribution is 5.94. The Morgan fingerprint density at radius 2 is 1.58 bits per heavy atom. The summed E-state index contributed by atoms with van der Waals surface area (Å²) >= 11 is 0. The zero-order chi connectivity index (χ0) is 26.9. The van der Waals surface area contributed by atoms with E-state index in [-0.39, 0.29) is 17.8 Å². The number of nitrogens with zero attached hydrogens (tertiary/aromatic N) is 1. The maximum Gasteiger partial charge on any atom is 0.251 e. The Labute approximate surface area is 223 Å². The third-order valence-corrected chi connectivity index (χ3v) is 8.09. The van der Waals surface area contributed by atoms with Crippen molar-refractivity contribution in [2.24, 2.45) is 5.92 Å². The molecule has 1 fully saturated rings. The summed E-state index contributed by atoms with van der Waals surface area (Å²) in [5.74, 6) is 0.507. The van der Waals surface area contributed by atoms with Crippen molar-refractivity contribution in [2.75, 3.05) is 0 Å². The van der Waals surface area contributed by atoms with E-state index >= 15 is 0 Å². The lowest BCUT2D eigenvalue weighted by molar-refractivity contribution is 0.0786. The van der Waals surface area contributed by atoms with Crippen molar-refractivity contribution in [2.45, 2.75) is 64.0 Å². The summed E-state index contributed by atoms with van der Waals surface area (Å²) in [6, 6.07) is 22.4. The molecule has 0 radical (unpaired) electrons. The molecule has 196 valence electrons. The predicted octanol–water partition coefficient (Wildman–Crippen LogP) is 7.36. The largest absolute Gasteiger partial charge is 0.386 e. The van der Waals surface area contributed by atoms with Crippen LogP contribution in [0, 0.1) is 11.7 Å². The monoisotopic (exact) mass is 510 g/mol. The van der Waals surface area contributed by atoms with E-state index in [9.17, 15) is 14.3 Å². The predicted molar refractivity (Wildman–Crippen MR) is 150 cm³/mol. The minimum atomic E-state index is -0.872. The second-order valence-corrected chi connectivity index (χ2v) is 11.1. The van der Waals surface area contributed by atoms with E-state index in [2.05, 4.69) is 17.2 Å². The minimum absolute atomic E-state index is 0.0563. The van der Waals surface area contributed by atoms with Crippen LogP contribution in [0.3, 0.4) is 0 Å². The molecule has 2 N–H and O–H groups in total. The lowest BCUT2D eigenvalue weighted by Gasteiger charge is -2.33. The van der Waals surface area contributed by atoms with Crippen LogP contribution in [0.4, 0.5) is 4.39 Å². The first-order valence-electron chi connectivity index (χ1n) is 13.5. The third kappa shape index (κ3) is 5.63. The van der Waals surface area contributed by atoms with Gasteiger partial charge in [-0.25, -0.2) is 4.39 Å². The highest BCUT2D eigenvalue weighted by atomic mass is 19.1. The average Bonchev–Trinajstić information content (AvgIpc) is 2.92. The van der Waals surface area contributed by atoms with Crippen molar-refractivity contribution < 1.29 is 14.3 Å². The van der Waals surface area contributed by atoms with Crippen LogP contribution in [-0.2, 0) is 5.60 Å². The molecule has 1 aliphatic carbocycles. The normalized spacial score (nSPS) is 18.8. The molecule has 0 unspecified atom stereocenters. The lowest BCUT2D eigenvalue weighted by Crippen LogP contribution is -2.39. The highest BCUT2D eigenvalue weighted by Crippen LogP contribution is 2.39. The van der Waals surface area contributed by atoms with Gasteiger partial charge in [0.15, 0.2) is 0 Å². The van der Waals surface area contributed by atoms with Gasteiger partial charge in [0.25, 0.3) is 5.91 Å². The van der Waals surface area contributed by atoms with Crippen molar-refractivity contribution >= 4 is 16.8 Å². The number of rotatable bonds is 6. The van der Waals surface area contributed by atoms with Crippen molar-refractivity contribution in [3.63, 3.8) is 0 Å². The first-order valence-corrected chi connectivity index (χ1v) is 13.5. The van der Waals surface area contributed by atoms with E-state index in [1.807, 2.05) is 60.8 Å². The van der Waals surface area contributed by atoms with Gasteiger partial charge in [-0.15, -0.1) is 0 Å². The topological polar surface area (TPSA) is 62.2 Å². The third-order valence-electron chi connectivity index (χ3n) is 8.09. The van der Waals surface area contributed by atoms with Crippen molar-refractivity contribution in [1.29, 1.82) is 0 Å². The van der Waals surface area contributed by atoms with E-state index in [0.717, 1.165) is 53.3 Å². The number of hydrogen-bond donors (Lipinski definition) is 2. The van der Waals surface area contributed by atoms with Gasteiger partial charge in [0.1, 0.15) is 5.82 Å². The Balaban J connectivity index is 1.18. The van der Waals surface area contributed by atoms with Gasteiger partial charge in [-0.05, 0) is 117 Å². The van der Waals surface area contributed by atoms with E-state index in [1.165, 1.54) is 11.6 Å². The number of hydrogen-bond acceptors (Lipinski definition) is 3. The molecule has 0 saturated heterocycles. The Bertz CT molecular complexity index is 1420. The van der Waals surface area contributed by atoms with E-state index in [1.54, 1.807) is 26.0 Å². The molecule has 4 nitrogen and oxygen atoms in total. The van der Waals surface area contributed by atoms with Gasteiger partial charge in [-0.3, -0.25) is 9.78 Å². The Hall–Kier alpha value is -3.57. The molecule has 5 rings (SSSR count). The maximum absolute atomic E-state index is 13.9. The fourth-order valence-electron chi connectivity index (χ4n) is 5.72. The molecule has 5 heteroatoms.